The molecule has 1 saturated carbocycles. The summed E-state index contributed by atoms with van der Waals surface area (Å²) in [4.78, 5) is 16.5. The van der Waals surface area contributed by atoms with Gasteiger partial charge >= 0.3 is 6.09 Å². The van der Waals surface area contributed by atoms with E-state index in [2.05, 4.69) is 17.2 Å². The van der Waals surface area contributed by atoms with Crippen LogP contribution in [0.15, 0.2) is 53.7 Å². The normalized spacial score (nSPS) is 20.0. The van der Waals surface area contributed by atoms with Gasteiger partial charge in [0.05, 0.1) is 5.25 Å². The highest BCUT2D eigenvalue weighted by atomic mass is 33.1. The second kappa shape index (κ2) is 9.15. The first-order valence-corrected chi connectivity index (χ1v) is 10.6. The van der Waals surface area contributed by atoms with Gasteiger partial charge in [-0.05, 0) is 66.8 Å². The van der Waals surface area contributed by atoms with Crippen molar-refractivity contribution in [3.63, 3.8) is 0 Å². The van der Waals surface area contributed by atoms with Crippen molar-refractivity contribution < 1.29 is 9.53 Å². The fraction of sp³-hybridized carbons (Fsp3) is 0.316. The molecule has 25 heavy (non-hydrogen) atoms. The number of rotatable bonds is 5. The molecule has 1 aliphatic carbocycles. The van der Waals surface area contributed by atoms with Crippen LogP contribution in [0, 0.1) is 6.92 Å². The fourth-order valence-corrected chi connectivity index (χ4v) is 5.35. The lowest BCUT2D eigenvalue weighted by Crippen LogP contribution is -2.33. The first kappa shape index (κ1) is 18.1. The average Bonchev–Trinajstić information content (AvgIpc) is 2.64. The highest BCUT2D eigenvalue weighted by Gasteiger charge is 2.29. The van der Waals surface area contributed by atoms with E-state index in [4.69, 9.17) is 4.74 Å². The van der Waals surface area contributed by atoms with Gasteiger partial charge in [0.15, 0.2) is 0 Å². The van der Waals surface area contributed by atoms with E-state index in [0.29, 0.717) is 0 Å². The van der Waals surface area contributed by atoms with Gasteiger partial charge < -0.3 is 4.74 Å². The highest BCUT2D eigenvalue weighted by molar-refractivity contribution is 8.76. The summed E-state index contributed by atoms with van der Waals surface area (Å²) >= 11 is 0. The summed E-state index contributed by atoms with van der Waals surface area (Å²) in [6.07, 6.45) is 5.57. The van der Waals surface area contributed by atoms with Gasteiger partial charge in [-0.25, -0.2) is 9.78 Å². The van der Waals surface area contributed by atoms with Crippen LogP contribution in [-0.2, 0) is 4.74 Å². The van der Waals surface area contributed by atoms with E-state index in [-0.39, 0.29) is 11.4 Å². The third kappa shape index (κ3) is 5.68. The van der Waals surface area contributed by atoms with Crippen LogP contribution in [0.25, 0.3) is 0 Å². The third-order valence-electron chi connectivity index (χ3n) is 4.00. The summed E-state index contributed by atoms with van der Waals surface area (Å²) in [5, 5.41) is 4.06. The number of nitrogens with zero attached hydrogens (tertiary/aromatic N) is 1. The first-order chi connectivity index (χ1) is 12.2. The van der Waals surface area contributed by atoms with Crippen molar-refractivity contribution in [2.45, 2.75) is 42.1 Å². The zero-order chi connectivity index (χ0) is 17.5. The maximum absolute atomic E-state index is 12.2. The Balaban J connectivity index is 1.53. The topological polar surface area (TPSA) is 51.2 Å². The van der Waals surface area contributed by atoms with Crippen LogP contribution < -0.4 is 5.32 Å². The van der Waals surface area contributed by atoms with Crippen LogP contribution in [0.3, 0.4) is 0 Å². The van der Waals surface area contributed by atoms with Gasteiger partial charge in [-0.15, -0.1) is 0 Å². The molecule has 0 aliphatic heterocycles. The maximum Gasteiger partial charge on any atom is 0.411 e. The van der Waals surface area contributed by atoms with Gasteiger partial charge in [0.1, 0.15) is 11.1 Å². The molecule has 6 heteroatoms. The summed E-state index contributed by atoms with van der Waals surface area (Å²) in [6.45, 7) is 3.84. The van der Waals surface area contributed by atoms with E-state index in [1.807, 2.05) is 42.5 Å². The Kier molecular flexibility index (Phi) is 6.64. The van der Waals surface area contributed by atoms with Crippen LogP contribution in [0.4, 0.5) is 10.5 Å². The molecule has 3 rings (SSSR count). The Morgan fingerprint density at radius 3 is 2.72 bits per heavy atom. The quantitative estimate of drug-likeness (QED) is 0.695. The number of carbonyl (C=O) groups excluding carboxylic acids is 1. The van der Waals surface area contributed by atoms with Crippen molar-refractivity contribution in [2.75, 3.05) is 5.32 Å². The molecule has 2 aromatic rings. The second-order valence-corrected chi connectivity index (χ2v) is 8.40. The van der Waals surface area contributed by atoms with E-state index >= 15 is 0 Å². The number of hydrogen-bond acceptors (Lipinski definition) is 5. The molecule has 0 saturated heterocycles. The van der Waals surface area contributed by atoms with Crippen LogP contribution in [0.1, 0.15) is 31.2 Å². The van der Waals surface area contributed by atoms with E-state index in [1.165, 1.54) is 6.42 Å². The molecule has 1 heterocycles. The first-order valence-electron chi connectivity index (χ1n) is 8.35. The lowest BCUT2D eigenvalue weighted by Gasteiger charge is -2.30. The van der Waals surface area contributed by atoms with Crippen LogP contribution in [0.5, 0.6) is 0 Å². The minimum Gasteiger partial charge on any atom is -0.445 e. The Bertz CT molecular complexity index is 680. The molecular formula is C19H21N2O2S2. The van der Waals surface area contributed by atoms with E-state index in [1.54, 1.807) is 27.8 Å². The predicted octanol–water partition coefficient (Wildman–Crippen LogP) is 5.56. The van der Waals surface area contributed by atoms with Crippen molar-refractivity contribution in [3.8, 4) is 0 Å². The van der Waals surface area contributed by atoms with Crippen LogP contribution in [-0.4, -0.2) is 22.4 Å². The molecule has 1 N–H and O–H groups in total. The van der Waals surface area contributed by atoms with E-state index < -0.39 is 6.09 Å². The SMILES string of the molecule is [CH2]c1ccc(NC(=O)O[C@@H]2CCCC[C@H]2SSc2ccccn2)cc1. The van der Waals surface area contributed by atoms with Crippen molar-refractivity contribution in [1.82, 2.24) is 4.98 Å². The highest BCUT2D eigenvalue weighted by Crippen LogP contribution is 2.40. The van der Waals surface area contributed by atoms with E-state index in [0.717, 1.165) is 35.5 Å². The number of hydrogen-bond donors (Lipinski definition) is 1. The largest absolute Gasteiger partial charge is 0.445 e. The van der Waals surface area contributed by atoms with Gasteiger partial charge in [-0.2, -0.15) is 0 Å². The Hall–Kier alpha value is -1.66. The average molecular weight is 374 g/mol. The minimum atomic E-state index is -0.392. The maximum atomic E-state index is 12.2. The molecular weight excluding hydrogens is 352 g/mol. The number of benzene rings is 1. The molecule has 131 valence electrons. The molecule has 0 bridgehead atoms. The number of aromatic nitrogens is 1. The van der Waals surface area contributed by atoms with E-state index in [9.17, 15) is 4.79 Å². The summed E-state index contributed by atoms with van der Waals surface area (Å²) in [5.74, 6) is 0. The molecule has 1 aromatic carbocycles. The van der Waals surface area contributed by atoms with Gasteiger partial charge in [-0.3, -0.25) is 5.32 Å². The summed E-state index contributed by atoms with van der Waals surface area (Å²) in [5.41, 5.74) is 1.63. The molecule has 1 aromatic heterocycles. The number of ether oxygens (including phenoxy) is 1. The predicted molar refractivity (Wildman–Crippen MR) is 105 cm³/mol. The van der Waals surface area contributed by atoms with Gasteiger partial charge in [-0.1, -0.05) is 35.4 Å². The Morgan fingerprint density at radius 2 is 1.96 bits per heavy atom. The van der Waals surface area contributed by atoms with Crippen molar-refractivity contribution in [2.24, 2.45) is 0 Å². The van der Waals surface area contributed by atoms with Gasteiger partial charge in [0.2, 0.25) is 0 Å². The second-order valence-electron chi connectivity index (χ2n) is 5.94. The number of pyridine rings is 1. The molecule has 0 unspecified atom stereocenters. The Morgan fingerprint density at radius 1 is 1.16 bits per heavy atom. The summed E-state index contributed by atoms with van der Waals surface area (Å²) in [7, 11) is 3.40. The van der Waals surface area contributed by atoms with Crippen LogP contribution in [0.2, 0.25) is 0 Å². The van der Waals surface area contributed by atoms with Gasteiger partial charge in [0, 0.05) is 11.9 Å². The van der Waals surface area contributed by atoms with Crippen molar-refractivity contribution in [1.29, 1.82) is 0 Å². The van der Waals surface area contributed by atoms with Gasteiger partial charge in [0.25, 0.3) is 0 Å². The lowest BCUT2D eigenvalue weighted by atomic mass is 9.97. The summed E-state index contributed by atoms with van der Waals surface area (Å²) < 4.78 is 5.71. The lowest BCUT2D eigenvalue weighted by molar-refractivity contribution is 0.0909. The zero-order valence-electron chi connectivity index (χ0n) is 13.9. The van der Waals surface area contributed by atoms with Crippen LogP contribution >= 0.6 is 21.6 Å². The zero-order valence-corrected chi connectivity index (χ0v) is 15.5. The van der Waals surface area contributed by atoms with Crippen molar-refractivity contribution in [3.05, 3.63) is 61.1 Å². The molecule has 2 atom stereocenters. The number of anilines is 1. The molecule has 4 nitrogen and oxygen atoms in total. The smallest absolute Gasteiger partial charge is 0.411 e. The molecule has 0 spiro atoms. The standard InChI is InChI=1S/C19H21N2O2S2/c1-14-9-11-15(12-10-14)21-19(22)23-16-6-2-3-7-17(16)24-25-18-8-4-5-13-20-18/h4-5,8-13,16-17H,1-3,6-7H2,(H,21,22)/t16-,17-/m1/s1. The molecule has 1 aliphatic rings. The Labute approximate surface area is 156 Å². The molecule has 1 amide bonds. The number of amides is 1. The number of carbonyl (C=O) groups is 1. The monoisotopic (exact) mass is 373 g/mol. The molecule has 1 radical (unpaired) electrons. The van der Waals surface area contributed by atoms with Crippen molar-refractivity contribution >= 4 is 33.4 Å². The minimum absolute atomic E-state index is 0.0675. The molecule has 1 fully saturated rings. The number of nitrogens with one attached hydrogen (secondary N) is 1. The summed E-state index contributed by atoms with van der Waals surface area (Å²) in [6, 6.07) is 13.3. The third-order valence-corrected chi connectivity index (χ3v) is 6.83. The fourth-order valence-electron chi connectivity index (χ4n) is 2.69.